The van der Waals surface area contributed by atoms with E-state index < -0.39 is 0 Å². The van der Waals surface area contributed by atoms with E-state index in [1.807, 2.05) is 34.5 Å². The number of rotatable bonds is 4. The van der Waals surface area contributed by atoms with E-state index in [-0.39, 0.29) is 11.9 Å². The molecule has 120 valence electrons. The van der Waals surface area contributed by atoms with Gasteiger partial charge in [-0.25, -0.2) is 4.98 Å². The molecule has 23 heavy (non-hydrogen) atoms. The number of morpholine rings is 1. The predicted molar refractivity (Wildman–Crippen MR) is 90.2 cm³/mol. The van der Waals surface area contributed by atoms with Crippen LogP contribution in [-0.4, -0.2) is 41.6 Å². The summed E-state index contributed by atoms with van der Waals surface area (Å²) in [7, 11) is 0. The molecule has 1 aromatic heterocycles. The minimum atomic E-state index is 0.105. The second kappa shape index (κ2) is 6.29. The summed E-state index contributed by atoms with van der Waals surface area (Å²) in [5.41, 5.74) is 1.61. The van der Waals surface area contributed by atoms with Gasteiger partial charge in [-0.2, -0.15) is 0 Å². The highest BCUT2D eigenvalue weighted by molar-refractivity contribution is 7.13. The first kappa shape index (κ1) is 14.7. The van der Waals surface area contributed by atoms with Crippen molar-refractivity contribution in [3.05, 3.63) is 41.4 Å². The summed E-state index contributed by atoms with van der Waals surface area (Å²) >= 11 is 1.54. The molecule has 1 aliphatic heterocycles. The number of carbonyl (C=O) groups excluding carboxylic acids is 1. The lowest BCUT2D eigenvalue weighted by atomic mass is 10.1. The van der Waals surface area contributed by atoms with Gasteiger partial charge in [0.05, 0.1) is 19.3 Å². The van der Waals surface area contributed by atoms with Crippen LogP contribution < -0.4 is 5.32 Å². The van der Waals surface area contributed by atoms with Crippen molar-refractivity contribution in [3.63, 3.8) is 0 Å². The minimum Gasteiger partial charge on any atom is -0.377 e. The third kappa shape index (κ3) is 3.23. The highest BCUT2D eigenvalue weighted by Crippen LogP contribution is 2.37. The Morgan fingerprint density at radius 3 is 3.09 bits per heavy atom. The van der Waals surface area contributed by atoms with E-state index in [0.717, 1.165) is 16.4 Å². The van der Waals surface area contributed by atoms with Crippen LogP contribution in [0.4, 0.5) is 10.8 Å². The first-order chi connectivity index (χ1) is 11.3. The van der Waals surface area contributed by atoms with E-state index in [4.69, 9.17) is 4.74 Å². The first-order valence-electron chi connectivity index (χ1n) is 7.96. The molecule has 1 N–H and O–H groups in total. The SMILES string of the molecule is O=C(c1cccc(Nc2nccs2)c1)N1CCOCC1C1CC1. The maximum Gasteiger partial charge on any atom is 0.254 e. The molecule has 2 aromatic rings. The molecule has 1 saturated carbocycles. The minimum absolute atomic E-state index is 0.105. The lowest BCUT2D eigenvalue weighted by Crippen LogP contribution is -2.49. The van der Waals surface area contributed by atoms with Crippen molar-refractivity contribution in [2.45, 2.75) is 18.9 Å². The molecule has 1 saturated heterocycles. The van der Waals surface area contributed by atoms with Gasteiger partial charge in [-0.3, -0.25) is 4.79 Å². The van der Waals surface area contributed by atoms with E-state index in [2.05, 4.69) is 10.3 Å². The van der Waals surface area contributed by atoms with Gasteiger partial charge in [0.15, 0.2) is 5.13 Å². The normalized spacial score (nSPS) is 21.2. The number of ether oxygens (including phenoxy) is 1. The van der Waals surface area contributed by atoms with Crippen LogP contribution in [0.5, 0.6) is 0 Å². The maximum atomic E-state index is 12.9. The Hall–Kier alpha value is -1.92. The monoisotopic (exact) mass is 329 g/mol. The summed E-state index contributed by atoms with van der Waals surface area (Å²) in [6.07, 6.45) is 4.18. The quantitative estimate of drug-likeness (QED) is 0.936. The Bertz CT molecular complexity index is 685. The number of hydrogen-bond acceptors (Lipinski definition) is 5. The van der Waals surface area contributed by atoms with Crippen molar-refractivity contribution in [2.24, 2.45) is 5.92 Å². The fourth-order valence-corrected chi connectivity index (χ4v) is 3.60. The number of anilines is 2. The van der Waals surface area contributed by atoms with E-state index in [1.165, 1.54) is 24.2 Å². The number of nitrogens with one attached hydrogen (secondary N) is 1. The molecule has 1 aromatic carbocycles. The summed E-state index contributed by atoms with van der Waals surface area (Å²) < 4.78 is 5.58. The van der Waals surface area contributed by atoms with Gasteiger partial charge in [0.25, 0.3) is 5.91 Å². The van der Waals surface area contributed by atoms with Crippen molar-refractivity contribution in [3.8, 4) is 0 Å². The Morgan fingerprint density at radius 2 is 2.30 bits per heavy atom. The molecule has 2 aliphatic rings. The molecular weight excluding hydrogens is 310 g/mol. The molecule has 2 heterocycles. The van der Waals surface area contributed by atoms with Gasteiger partial charge in [-0.15, -0.1) is 11.3 Å². The molecule has 1 amide bonds. The molecule has 0 bridgehead atoms. The number of thiazole rings is 1. The number of aromatic nitrogens is 1. The smallest absolute Gasteiger partial charge is 0.254 e. The van der Waals surface area contributed by atoms with Crippen LogP contribution in [0.2, 0.25) is 0 Å². The number of benzene rings is 1. The zero-order chi connectivity index (χ0) is 15.6. The zero-order valence-electron chi connectivity index (χ0n) is 12.8. The molecule has 2 fully saturated rings. The number of carbonyl (C=O) groups is 1. The van der Waals surface area contributed by atoms with E-state index in [1.54, 1.807) is 6.20 Å². The van der Waals surface area contributed by atoms with Crippen LogP contribution in [0.25, 0.3) is 0 Å². The van der Waals surface area contributed by atoms with Gasteiger partial charge >= 0.3 is 0 Å². The van der Waals surface area contributed by atoms with Crippen molar-refractivity contribution < 1.29 is 9.53 Å². The van der Waals surface area contributed by atoms with Crippen LogP contribution in [0, 0.1) is 5.92 Å². The third-order valence-electron chi connectivity index (χ3n) is 4.39. The molecule has 1 unspecified atom stereocenters. The Kier molecular flexibility index (Phi) is 4.01. The van der Waals surface area contributed by atoms with Gasteiger partial charge in [-0.05, 0) is 37.0 Å². The Labute approximate surface area is 139 Å². The summed E-state index contributed by atoms with van der Waals surface area (Å²) in [5, 5.41) is 5.99. The fourth-order valence-electron chi connectivity index (χ4n) is 3.05. The molecule has 0 spiro atoms. The van der Waals surface area contributed by atoms with Gasteiger partial charge in [0, 0.05) is 29.4 Å². The van der Waals surface area contributed by atoms with E-state index >= 15 is 0 Å². The van der Waals surface area contributed by atoms with Gasteiger partial charge in [-0.1, -0.05) is 6.07 Å². The van der Waals surface area contributed by atoms with Crippen LogP contribution in [0.3, 0.4) is 0 Å². The van der Waals surface area contributed by atoms with E-state index in [9.17, 15) is 4.79 Å². The van der Waals surface area contributed by atoms with Crippen LogP contribution in [0.15, 0.2) is 35.8 Å². The number of nitrogens with zero attached hydrogens (tertiary/aromatic N) is 2. The van der Waals surface area contributed by atoms with Crippen molar-refractivity contribution in [2.75, 3.05) is 25.1 Å². The second-order valence-corrected chi connectivity index (χ2v) is 6.92. The Morgan fingerprint density at radius 1 is 1.39 bits per heavy atom. The van der Waals surface area contributed by atoms with Crippen molar-refractivity contribution >= 4 is 28.1 Å². The highest BCUT2D eigenvalue weighted by Gasteiger charge is 2.39. The molecule has 4 rings (SSSR count). The lowest BCUT2D eigenvalue weighted by Gasteiger charge is -2.36. The van der Waals surface area contributed by atoms with Crippen LogP contribution in [0.1, 0.15) is 23.2 Å². The molecule has 0 radical (unpaired) electrons. The summed E-state index contributed by atoms with van der Waals surface area (Å²) in [6, 6.07) is 7.90. The standard InChI is InChI=1S/C17H19N3O2S/c21-16(20-7-8-22-11-15(20)12-4-5-12)13-2-1-3-14(10-13)19-17-18-6-9-23-17/h1-3,6,9-10,12,15H,4-5,7-8,11H2,(H,18,19). The fraction of sp³-hybridized carbons (Fsp3) is 0.412. The first-order valence-corrected chi connectivity index (χ1v) is 8.84. The molecule has 5 nitrogen and oxygen atoms in total. The number of amides is 1. The van der Waals surface area contributed by atoms with Gasteiger partial charge in [0.2, 0.25) is 0 Å². The van der Waals surface area contributed by atoms with E-state index in [0.29, 0.717) is 25.7 Å². The maximum absolute atomic E-state index is 12.9. The molecule has 6 heteroatoms. The van der Waals surface area contributed by atoms with Crippen molar-refractivity contribution in [1.29, 1.82) is 0 Å². The lowest BCUT2D eigenvalue weighted by molar-refractivity contribution is -0.00833. The average Bonchev–Trinajstić information content (AvgIpc) is 3.32. The van der Waals surface area contributed by atoms with Gasteiger partial charge in [0.1, 0.15) is 0 Å². The average molecular weight is 329 g/mol. The van der Waals surface area contributed by atoms with Gasteiger partial charge < -0.3 is 15.0 Å². The summed E-state index contributed by atoms with van der Waals surface area (Å²) in [6.45, 7) is 1.99. The largest absolute Gasteiger partial charge is 0.377 e. The highest BCUT2D eigenvalue weighted by atomic mass is 32.1. The van der Waals surface area contributed by atoms with Crippen LogP contribution in [-0.2, 0) is 4.74 Å². The third-order valence-corrected chi connectivity index (χ3v) is 5.07. The van der Waals surface area contributed by atoms with Crippen LogP contribution >= 0.6 is 11.3 Å². The summed E-state index contributed by atoms with van der Waals surface area (Å²) in [4.78, 5) is 19.1. The predicted octanol–water partition coefficient (Wildman–Crippen LogP) is 3.14. The van der Waals surface area contributed by atoms with Crippen molar-refractivity contribution in [1.82, 2.24) is 9.88 Å². The molecule has 1 aliphatic carbocycles. The zero-order valence-corrected chi connectivity index (χ0v) is 13.6. The molecule has 1 atom stereocenters. The molecular formula is C17H19N3O2S. The topological polar surface area (TPSA) is 54.5 Å². The number of hydrogen-bond donors (Lipinski definition) is 1. The second-order valence-electron chi connectivity index (χ2n) is 6.02. The summed E-state index contributed by atoms with van der Waals surface area (Å²) in [5.74, 6) is 0.726. The Balaban J connectivity index is 1.53.